The largest absolute Gasteiger partial charge is 0.369 e. The summed E-state index contributed by atoms with van der Waals surface area (Å²) in [5.74, 6) is 0.0243. The van der Waals surface area contributed by atoms with Crippen LogP contribution in [0.25, 0.3) is 0 Å². The Morgan fingerprint density at radius 2 is 2.15 bits per heavy atom. The zero-order chi connectivity index (χ0) is 9.85. The van der Waals surface area contributed by atoms with Gasteiger partial charge in [0.1, 0.15) is 11.2 Å². The first kappa shape index (κ1) is 8.73. The minimum Gasteiger partial charge on any atom is -0.369 e. The first-order valence-electron chi connectivity index (χ1n) is 4.76. The average molecular weight is 181 g/mol. The van der Waals surface area contributed by atoms with E-state index in [9.17, 15) is 9.59 Å². The van der Waals surface area contributed by atoms with E-state index in [1.54, 1.807) is 0 Å². The summed E-state index contributed by atoms with van der Waals surface area (Å²) in [6, 6.07) is 0. The van der Waals surface area contributed by atoms with Gasteiger partial charge in [0.05, 0.1) is 0 Å². The lowest BCUT2D eigenvalue weighted by molar-refractivity contribution is -0.142. The summed E-state index contributed by atoms with van der Waals surface area (Å²) in [4.78, 5) is 23.1. The van der Waals surface area contributed by atoms with E-state index in [4.69, 9.17) is 5.73 Å². The molecule has 0 aliphatic heterocycles. The van der Waals surface area contributed by atoms with Crippen molar-refractivity contribution in [3.8, 4) is 0 Å². The van der Waals surface area contributed by atoms with Crippen molar-refractivity contribution in [3.05, 3.63) is 0 Å². The molecule has 2 N–H and O–H groups in total. The predicted molar refractivity (Wildman–Crippen MR) is 47.8 cm³/mol. The van der Waals surface area contributed by atoms with Gasteiger partial charge in [-0.1, -0.05) is 13.8 Å². The molecule has 0 aromatic rings. The molecule has 0 heterocycles. The fraction of sp³-hybridized carbons (Fsp3) is 0.800. The maximum atomic E-state index is 11.7. The van der Waals surface area contributed by atoms with E-state index in [0.717, 1.165) is 6.42 Å². The number of rotatable bonds is 1. The van der Waals surface area contributed by atoms with Crippen LogP contribution in [0.1, 0.15) is 33.1 Å². The van der Waals surface area contributed by atoms with Gasteiger partial charge in [-0.25, -0.2) is 0 Å². The fourth-order valence-corrected chi connectivity index (χ4v) is 3.25. The fourth-order valence-electron chi connectivity index (χ4n) is 3.25. The molecular formula is C10H15NO2. The summed E-state index contributed by atoms with van der Waals surface area (Å²) in [6.07, 6.45) is 2.19. The lowest BCUT2D eigenvalue weighted by Gasteiger charge is -2.33. The quantitative estimate of drug-likeness (QED) is 0.610. The van der Waals surface area contributed by atoms with E-state index in [1.807, 2.05) is 13.8 Å². The molecule has 2 unspecified atom stereocenters. The standard InChI is InChI=1S/C10H15NO2/c1-9(2)6-3-4-10(9,8(11)13)7(12)5-6/h6H,3-5H2,1-2H3,(H2,11,13). The molecule has 1 amide bonds. The number of hydrogen-bond acceptors (Lipinski definition) is 2. The minimum absolute atomic E-state index is 0.0706. The van der Waals surface area contributed by atoms with Crippen LogP contribution in [-0.2, 0) is 9.59 Å². The molecule has 3 heteroatoms. The zero-order valence-electron chi connectivity index (χ0n) is 8.09. The first-order valence-corrected chi connectivity index (χ1v) is 4.76. The maximum absolute atomic E-state index is 11.7. The first-order chi connectivity index (χ1) is 5.93. The molecule has 2 atom stereocenters. The van der Waals surface area contributed by atoms with Crippen LogP contribution in [0.2, 0.25) is 0 Å². The summed E-state index contributed by atoms with van der Waals surface area (Å²) in [7, 11) is 0. The highest BCUT2D eigenvalue weighted by atomic mass is 16.2. The molecule has 13 heavy (non-hydrogen) atoms. The van der Waals surface area contributed by atoms with Gasteiger partial charge in [0, 0.05) is 6.42 Å². The molecule has 0 saturated heterocycles. The Bertz CT molecular complexity index is 295. The van der Waals surface area contributed by atoms with Gasteiger partial charge in [0.15, 0.2) is 0 Å². The molecule has 72 valence electrons. The summed E-state index contributed by atoms with van der Waals surface area (Å²) in [5, 5.41) is 0. The maximum Gasteiger partial charge on any atom is 0.231 e. The van der Waals surface area contributed by atoms with Crippen LogP contribution in [0.4, 0.5) is 0 Å². The monoisotopic (exact) mass is 181 g/mol. The van der Waals surface area contributed by atoms with E-state index >= 15 is 0 Å². The van der Waals surface area contributed by atoms with Crippen LogP contribution in [0.15, 0.2) is 0 Å². The van der Waals surface area contributed by atoms with Crippen molar-refractivity contribution in [3.63, 3.8) is 0 Å². The Hall–Kier alpha value is -0.860. The third-order valence-electron chi connectivity index (χ3n) is 4.32. The molecule has 2 rings (SSSR count). The van der Waals surface area contributed by atoms with Crippen LogP contribution in [0, 0.1) is 16.7 Å². The number of fused-ring (bicyclic) bond motifs is 2. The molecule has 2 bridgehead atoms. The Morgan fingerprint density at radius 1 is 1.54 bits per heavy atom. The average Bonchev–Trinajstić information content (AvgIpc) is 2.35. The number of carbonyl (C=O) groups is 2. The SMILES string of the molecule is CC1(C)C2CCC1(C(N)=O)C(=O)C2. The number of hydrogen-bond donors (Lipinski definition) is 1. The second kappa shape index (κ2) is 2.14. The van der Waals surface area contributed by atoms with Gasteiger partial charge in [-0.3, -0.25) is 9.59 Å². The molecule has 2 aliphatic carbocycles. The van der Waals surface area contributed by atoms with Gasteiger partial charge in [-0.15, -0.1) is 0 Å². The number of ketones is 1. The van der Waals surface area contributed by atoms with Crippen LogP contribution in [0.3, 0.4) is 0 Å². The highest BCUT2D eigenvalue weighted by Crippen LogP contribution is 2.63. The van der Waals surface area contributed by atoms with Crippen molar-refractivity contribution < 1.29 is 9.59 Å². The third kappa shape index (κ3) is 0.713. The summed E-state index contributed by atoms with van der Waals surface area (Å²) in [6.45, 7) is 4.00. The van der Waals surface area contributed by atoms with Crippen molar-refractivity contribution in [1.29, 1.82) is 0 Å². The zero-order valence-corrected chi connectivity index (χ0v) is 8.09. The van der Waals surface area contributed by atoms with Gasteiger partial charge < -0.3 is 5.73 Å². The number of primary amides is 1. The number of carbonyl (C=O) groups excluding carboxylic acids is 2. The number of Topliss-reactive ketones (excluding diaryl/α,β-unsaturated/α-hetero) is 1. The van der Waals surface area contributed by atoms with E-state index in [-0.39, 0.29) is 11.2 Å². The van der Waals surface area contributed by atoms with Crippen molar-refractivity contribution in [2.75, 3.05) is 0 Å². The Kier molecular flexibility index (Phi) is 1.44. The van der Waals surface area contributed by atoms with Gasteiger partial charge in [0.25, 0.3) is 0 Å². The van der Waals surface area contributed by atoms with Crippen molar-refractivity contribution in [2.45, 2.75) is 33.1 Å². The smallest absolute Gasteiger partial charge is 0.231 e. The van der Waals surface area contributed by atoms with Crippen LogP contribution < -0.4 is 5.73 Å². The van der Waals surface area contributed by atoms with Gasteiger partial charge >= 0.3 is 0 Å². The highest BCUT2D eigenvalue weighted by Gasteiger charge is 2.67. The van der Waals surface area contributed by atoms with Crippen molar-refractivity contribution in [2.24, 2.45) is 22.5 Å². The van der Waals surface area contributed by atoms with E-state index < -0.39 is 11.3 Å². The van der Waals surface area contributed by atoms with Crippen LogP contribution >= 0.6 is 0 Å². The van der Waals surface area contributed by atoms with E-state index in [2.05, 4.69) is 0 Å². The number of amides is 1. The van der Waals surface area contributed by atoms with Crippen molar-refractivity contribution >= 4 is 11.7 Å². The van der Waals surface area contributed by atoms with Gasteiger partial charge in [-0.2, -0.15) is 0 Å². The lowest BCUT2D eigenvalue weighted by Crippen LogP contribution is -2.47. The lowest BCUT2D eigenvalue weighted by atomic mass is 9.68. The second-order valence-corrected chi connectivity index (χ2v) is 4.85. The highest BCUT2D eigenvalue weighted by molar-refractivity contribution is 6.08. The summed E-state index contributed by atoms with van der Waals surface area (Å²) < 4.78 is 0. The molecule has 0 radical (unpaired) electrons. The minimum atomic E-state index is -0.836. The van der Waals surface area contributed by atoms with Crippen LogP contribution in [0.5, 0.6) is 0 Å². The molecule has 2 fully saturated rings. The second-order valence-electron chi connectivity index (χ2n) is 4.85. The molecule has 2 saturated carbocycles. The molecule has 0 aromatic heterocycles. The topological polar surface area (TPSA) is 60.2 Å². The van der Waals surface area contributed by atoms with Crippen LogP contribution in [-0.4, -0.2) is 11.7 Å². The Balaban J connectivity index is 2.55. The summed E-state index contributed by atoms with van der Waals surface area (Å²) >= 11 is 0. The molecule has 3 nitrogen and oxygen atoms in total. The Morgan fingerprint density at radius 3 is 2.38 bits per heavy atom. The Labute approximate surface area is 77.7 Å². The van der Waals surface area contributed by atoms with E-state index in [0.29, 0.717) is 18.8 Å². The van der Waals surface area contributed by atoms with E-state index in [1.165, 1.54) is 0 Å². The molecule has 0 aromatic carbocycles. The normalized spacial score (nSPS) is 41.1. The molecule has 2 aliphatic rings. The molecular weight excluding hydrogens is 166 g/mol. The predicted octanol–water partition coefficient (Wildman–Crippen LogP) is 0.867. The molecule has 0 spiro atoms. The van der Waals surface area contributed by atoms with Gasteiger partial charge in [-0.05, 0) is 24.2 Å². The van der Waals surface area contributed by atoms with Crippen molar-refractivity contribution in [1.82, 2.24) is 0 Å². The van der Waals surface area contributed by atoms with Gasteiger partial charge in [0.2, 0.25) is 5.91 Å². The number of nitrogens with two attached hydrogens (primary N) is 1. The third-order valence-corrected chi connectivity index (χ3v) is 4.32. The summed E-state index contributed by atoms with van der Waals surface area (Å²) in [5.41, 5.74) is 4.33.